The first-order valence-corrected chi connectivity index (χ1v) is 16.0. The van der Waals surface area contributed by atoms with Crippen molar-refractivity contribution in [1.82, 2.24) is 0 Å². The Bertz CT molecular complexity index is 404. The van der Waals surface area contributed by atoms with Gasteiger partial charge in [-0.1, -0.05) is 0 Å². The summed E-state index contributed by atoms with van der Waals surface area (Å²) in [7, 11) is -3.22. The number of carbonyl (C=O) groups is 4. The Hall–Kier alpha value is -0.483. The summed E-state index contributed by atoms with van der Waals surface area (Å²) in [4.78, 5) is 58.6. The molecule has 0 spiro atoms. The fourth-order valence-corrected chi connectivity index (χ4v) is 0.831. The van der Waals surface area contributed by atoms with Gasteiger partial charge < -0.3 is 19.1 Å². The molecular weight excluding hydrogens is 492 g/mol. The third-order valence-electron chi connectivity index (χ3n) is 1.40. The average molecular weight is 532 g/mol. The molecule has 0 aromatic heterocycles. The molecule has 0 atom stereocenters. The van der Waals surface area contributed by atoms with Crippen LogP contribution in [0.25, 0.3) is 0 Å². The van der Waals surface area contributed by atoms with Gasteiger partial charge in [-0.3, -0.25) is 19.2 Å². The van der Waals surface area contributed by atoms with Crippen LogP contribution in [0.3, 0.4) is 0 Å². The number of ether oxygens (including phenoxy) is 2. The Morgan fingerprint density at radius 2 is 0.828 bits per heavy atom. The van der Waals surface area contributed by atoms with Crippen molar-refractivity contribution >= 4 is 40.1 Å². The number of rotatable bonds is 6. The standard InChI is InChI=1S/2C6H10O3.2C3H10OSi.Zr/c2*1-3-9-6(8)4-5(2)7;2*1-5(2,3)4;/h2*3-4H2,1-2H3;2*4H,1-3H3;. The van der Waals surface area contributed by atoms with Gasteiger partial charge >= 0.3 is 11.9 Å². The van der Waals surface area contributed by atoms with Crippen LogP contribution in [0, 0.1) is 0 Å². The normalized spacial score (nSPS) is 9.52. The summed E-state index contributed by atoms with van der Waals surface area (Å²) in [5, 5.41) is 0. The number of ketones is 2. The summed E-state index contributed by atoms with van der Waals surface area (Å²) in [6, 6.07) is 0. The molecule has 0 aliphatic rings. The molecule has 0 saturated heterocycles. The second kappa shape index (κ2) is 22.2. The van der Waals surface area contributed by atoms with Crippen LogP contribution in [-0.2, 0) is 54.9 Å². The van der Waals surface area contributed by atoms with E-state index in [-0.39, 0.29) is 50.6 Å². The molecule has 0 unspecified atom stereocenters. The molecular formula is C18H40O8Si2Zr. The molecule has 0 aromatic rings. The molecule has 0 aliphatic carbocycles. The van der Waals surface area contributed by atoms with E-state index in [1.54, 1.807) is 13.8 Å². The van der Waals surface area contributed by atoms with Crippen molar-refractivity contribution < 1.29 is 64.4 Å². The van der Waals surface area contributed by atoms with Gasteiger partial charge in [0, 0.05) is 26.2 Å². The maximum absolute atomic E-state index is 10.4. The number of hydrogen-bond acceptors (Lipinski definition) is 8. The minimum absolute atomic E-state index is 0. The smallest absolute Gasteiger partial charge is 0.313 e. The fourth-order valence-electron chi connectivity index (χ4n) is 0.831. The van der Waals surface area contributed by atoms with E-state index in [4.69, 9.17) is 9.59 Å². The van der Waals surface area contributed by atoms with E-state index in [9.17, 15) is 19.2 Å². The molecule has 0 bridgehead atoms. The molecule has 0 fully saturated rings. The van der Waals surface area contributed by atoms with Gasteiger partial charge in [0.1, 0.15) is 24.4 Å². The molecule has 0 aromatic carbocycles. The molecule has 0 radical (unpaired) electrons. The van der Waals surface area contributed by atoms with Crippen molar-refractivity contribution in [2.24, 2.45) is 0 Å². The quantitative estimate of drug-likeness (QED) is 0.304. The van der Waals surface area contributed by atoms with E-state index in [2.05, 4.69) is 9.47 Å². The minimum atomic E-state index is -1.61. The number of esters is 2. The Kier molecular flexibility index (Phi) is 29.9. The van der Waals surface area contributed by atoms with Crippen LogP contribution in [-0.4, -0.2) is 62.9 Å². The van der Waals surface area contributed by atoms with E-state index in [1.165, 1.54) is 13.8 Å². The predicted octanol–water partition coefficient (Wildman–Crippen LogP) is 2.68. The molecule has 0 saturated carbocycles. The average Bonchev–Trinajstić information content (AvgIpc) is 2.33. The zero-order valence-electron chi connectivity index (χ0n) is 19.7. The molecule has 8 nitrogen and oxygen atoms in total. The molecule has 0 amide bonds. The van der Waals surface area contributed by atoms with Gasteiger partial charge in [-0.15, -0.1) is 0 Å². The third kappa shape index (κ3) is 98.1. The van der Waals surface area contributed by atoms with E-state index >= 15 is 0 Å². The van der Waals surface area contributed by atoms with Gasteiger partial charge in [0.05, 0.1) is 13.2 Å². The first kappa shape index (κ1) is 39.0. The van der Waals surface area contributed by atoms with Crippen molar-refractivity contribution in [2.75, 3.05) is 13.2 Å². The van der Waals surface area contributed by atoms with Gasteiger partial charge in [-0.25, -0.2) is 0 Å². The second-order valence-electron chi connectivity index (χ2n) is 7.71. The predicted molar refractivity (Wildman–Crippen MR) is 115 cm³/mol. The Morgan fingerprint density at radius 3 is 0.931 bits per heavy atom. The molecule has 0 aliphatic heterocycles. The Balaban J connectivity index is -0.0000000907. The van der Waals surface area contributed by atoms with Gasteiger partial charge in [0.2, 0.25) is 0 Å². The molecule has 29 heavy (non-hydrogen) atoms. The largest absolute Gasteiger partial charge is 0.466 e. The first-order chi connectivity index (χ1) is 12.3. The fraction of sp³-hybridized carbons (Fsp3) is 0.778. The van der Waals surface area contributed by atoms with Crippen molar-refractivity contribution in [3.8, 4) is 0 Å². The van der Waals surface area contributed by atoms with Crippen LogP contribution in [0.1, 0.15) is 40.5 Å². The van der Waals surface area contributed by atoms with Crippen molar-refractivity contribution in [3.05, 3.63) is 0 Å². The van der Waals surface area contributed by atoms with Crippen LogP contribution < -0.4 is 0 Å². The number of hydrogen-bond donors (Lipinski definition) is 2. The summed E-state index contributed by atoms with van der Waals surface area (Å²) < 4.78 is 8.99. The van der Waals surface area contributed by atoms with Crippen LogP contribution in [0.4, 0.5) is 0 Å². The monoisotopic (exact) mass is 530 g/mol. The van der Waals surface area contributed by atoms with Crippen molar-refractivity contribution in [3.63, 3.8) is 0 Å². The van der Waals surface area contributed by atoms with Crippen LogP contribution in [0.5, 0.6) is 0 Å². The van der Waals surface area contributed by atoms with Gasteiger partial charge in [-0.2, -0.15) is 0 Å². The Morgan fingerprint density at radius 1 is 0.655 bits per heavy atom. The summed E-state index contributed by atoms with van der Waals surface area (Å²) in [5.41, 5.74) is 0. The maximum Gasteiger partial charge on any atom is 0.313 e. The van der Waals surface area contributed by atoms with Crippen LogP contribution in [0.2, 0.25) is 39.3 Å². The van der Waals surface area contributed by atoms with Gasteiger partial charge in [0.25, 0.3) is 0 Å². The van der Waals surface area contributed by atoms with Crippen molar-refractivity contribution in [1.29, 1.82) is 0 Å². The van der Waals surface area contributed by atoms with Gasteiger partial charge in [-0.05, 0) is 67.0 Å². The topological polar surface area (TPSA) is 127 Å². The molecule has 0 heterocycles. The summed E-state index contributed by atoms with van der Waals surface area (Å²) in [5.74, 6) is -1.20. The van der Waals surface area contributed by atoms with E-state index in [0.29, 0.717) is 13.2 Å². The first-order valence-electron chi connectivity index (χ1n) is 9.08. The maximum atomic E-state index is 10.4. The zero-order chi connectivity index (χ0) is 23.6. The molecule has 11 heteroatoms. The summed E-state index contributed by atoms with van der Waals surface area (Å²) in [6.45, 7) is 18.1. The van der Waals surface area contributed by atoms with Gasteiger partial charge in [0.15, 0.2) is 16.6 Å². The molecule has 0 rings (SSSR count). The molecule has 2 N–H and O–H groups in total. The molecule has 172 valence electrons. The summed E-state index contributed by atoms with van der Waals surface area (Å²) in [6.07, 6.45) is -0.207. The summed E-state index contributed by atoms with van der Waals surface area (Å²) >= 11 is 0. The second-order valence-corrected chi connectivity index (χ2v) is 16.4. The van der Waals surface area contributed by atoms with E-state index in [1.807, 2.05) is 39.3 Å². The minimum Gasteiger partial charge on any atom is -0.466 e. The SMILES string of the molecule is CCOC(=O)CC(C)=O.CCOC(=O)CC(C)=O.C[Si](C)(C)O.C[Si](C)(C)O.[Zr]. The van der Waals surface area contributed by atoms with Crippen molar-refractivity contribution in [2.45, 2.75) is 79.8 Å². The van der Waals surface area contributed by atoms with E-state index in [0.717, 1.165) is 0 Å². The third-order valence-corrected chi connectivity index (χ3v) is 1.40. The van der Waals surface area contributed by atoms with E-state index < -0.39 is 28.6 Å². The number of carbonyl (C=O) groups excluding carboxylic acids is 4. The van der Waals surface area contributed by atoms with Crippen LogP contribution >= 0.6 is 0 Å². The Labute approximate surface area is 197 Å². The van der Waals surface area contributed by atoms with Crippen LogP contribution in [0.15, 0.2) is 0 Å². The zero-order valence-corrected chi connectivity index (χ0v) is 24.1. The number of Topliss-reactive ketones (excluding diaryl/α,β-unsaturated/α-hetero) is 2.